The van der Waals surface area contributed by atoms with Crippen LogP contribution in [0.15, 0.2) is 47.1 Å². The number of aromatic hydroxyl groups is 1. The molecule has 5 rings (SSSR count). The van der Waals surface area contributed by atoms with Crippen molar-refractivity contribution < 1.29 is 14.3 Å². The molecule has 5 nitrogen and oxygen atoms in total. The van der Waals surface area contributed by atoms with E-state index in [-0.39, 0.29) is 17.4 Å². The van der Waals surface area contributed by atoms with E-state index in [2.05, 4.69) is 16.3 Å². The van der Waals surface area contributed by atoms with Crippen molar-refractivity contribution in [2.75, 3.05) is 19.6 Å². The summed E-state index contributed by atoms with van der Waals surface area (Å²) in [6.07, 6.45) is 12.0. The summed E-state index contributed by atoms with van der Waals surface area (Å²) < 4.78 is 5.31. The number of carbonyl (C=O) groups excluding carboxylic acids is 1. The highest BCUT2D eigenvalue weighted by molar-refractivity contribution is 5.92. The molecule has 3 aliphatic rings. The average molecular weight is 435 g/mol. The third kappa shape index (κ3) is 4.49. The molecule has 0 unspecified atom stereocenters. The maximum absolute atomic E-state index is 12.7. The molecule has 3 fully saturated rings. The number of aryl methyl sites for hydroxylation is 1. The topological polar surface area (TPSA) is 65.7 Å². The number of phenols is 1. The number of benzene rings is 1. The minimum atomic E-state index is -0.0497. The van der Waals surface area contributed by atoms with Crippen molar-refractivity contribution in [3.8, 4) is 5.75 Å². The quantitative estimate of drug-likeness (QED) is 0.650. The fourth-order valence-corrected chi connectivity index (χ4v) is 5.97. The summed E-state index contributed by atoms with van der Waals surface area (Å²) in [5, 5.41) is 13.5. The second kappa shape index (κ2) is 8.78. The largest absolute Gasteiger partial charge is 0.508 e. The zero-order valence-electron chi connectivity index (χ0n) is 18.9. The number of amides is 1. The van der Waals surface area contributed by atoms with Crippen LogP contribution in [0.2, 0.25) is 0 Å². The molecule has 1 aliphatic heterocycles. The van der Waals surface area contributed by atoms with Gasteiger partial charge in [0.2, 0.25) is 5.91 Å². The molecule has 170 valence electrons. The van der Waals surface area contributed by atoms with Gasteiger partial charge in [0, 0.05) is 36.2 Å². The van der Waals surface area contributed by atoms with Crippen molar-refractivity contribution in [1.29, 1.82) is 0 Å². The first-order chi connectivity index (χ1) is 15.5. The number of piperidine rings is 1. The van der Waals surface area contributed by atoms with Gasteiger partial charge >= 0.3 is 0 Å². The highest BCUT2D eigenvalue weighted by atomic mass is 16.3. The van der Waals surface area contributed by atoms with E-state index in [1.807, 2.05) is 31.2 Å². The summed E-state index contributed by atoms with van der Waals surface area (Å²) in [7, 11) is 0. The lowest BCUT2D eigenvalue weighted by Gasteiger charge is -2.53. The van der Waals surface area contributed by atoms with Gasteiger partial charge in [-0.1, -0.05) is 12.1 Å². The number of phenolic OH excluding ortho intramolecular Hbond substituents is 1. The Morgan fingerprint density at radius 3 is 2.91 bits per heavy atom. The predicted molar refractivity (Wildman–Crippen MR) is 125 cm³/mol. The van der Waals surface area contributed by atoms with Gasteiger partial charge in [-0.15, -0.1) is 0 Å². The zero-order chi connectivity index (χ0) is 22.1. The molecule has 3 atom stereocenters. The first-order valence-electron chi connectivity index (χ1n) is 12.1. The summed E-state index contributed by atoms with van der Waals surface area (Å²) in [5.41, 5.74) is 2.18. The number of rotatable bonds is 6. The highest BCUT2D eigenvalue weighted by Crippen LogP contribution is 2.50. The number of hydrogen-bond acceptors (Lipinski definition) is 4. The maximum atomic E-state index is 12.7. The number of hydrogen-bond donors (Lipinski definition) is 2. The van der Waals surface area contributed by atoms with Crippen LogP contribution in [-0.4, -0.2) is 41.6 Å². The normalized spacial score (nSPS) is 28.5. The smallest absolute Gasteiger partial charge is 0.244 e. The SMILES string of the molecule is Cc1occc1/C=C/C(=O)N[C@H]1CC[C@@H]2CN(CC3CC3)CC[C@@]2(c2cccc(O)c2)C1. The zero-order valence-corrected chi connectivity index (χ0v) is 18.9. The Bertz CT molecular complexity index is 992. The monoisotopic (exact) mass is 434 g/mol. The Morgan fingerprint density at radius 2 is 2.16 bits per heavy atom. The number of nitrogens with zero attached hydrogens (tertiary/aromatic N) is 1. The summed E-state index contributed by atoms with van der Waals surface area (Å²) in [4.78, 5) is 15.3. The molecule has 32 heavy (non-hydrogen) atoms. The van der Waals surface area contributed by atoms with Crippen LogP contribution in [-0.2, 0) is 10.2 Å². The molecule has 2 aliphatic carbocycles. The van der Waals surface area contributed by atoms with Crippen LogP contribution in [0, 0.1) is 18.8 Å². The summed E-state index contributed by atoms with van der Waals surface area (Å²) in [6, 6.07) is 9.86. The molecule has 2 heterocycles. The van der Waals surface area contributed by atoms with Crippen LogP contribution in [0.25, 0.3) is 6.08 Å². The Hall–Kier alpha value is -2.53. The minimum Gasteiger partial charge on any atom is -0.508 e. The predicted octanol–water partition coefficient (Wildman–Crippen LogP) is 4.65. The highest BCUT2D eigenvalue weighted by Gasteiger charge is 2.48. The van der Waals surface area contributed by atoms with Gasteiger partial charge in [-0.3, -0.25) is 4.79 Å². The lowest BCUT2D eigenvalue weighted by atomic mass is 9.58. The van der Waals surface area contributed by atoms with Crippen molar-refractivity contribution in [3.63, 3.8) is 0 Å². The van der Waals surface area contributed by atoms with Crippen molar-refractivity contribution in [2.24, 2.45) is 11.8 Å². The Balaban J connectivity index is 1.32. The van der Waals surface area contributed by atoms with Gasteiger partial charge in [-0.25, -0.2) is 0 Å². The van der Waals surface area contributed by atoms with Gasteiger partial charge in [-0.05, 0) is 93.7 Å². The maximum Gasteiger partial charge on any atom is 0.244 e. The number of furan rings is 1. The molecule has 1 aromatic carbocycles. The lowest BCUT2D eigenvalue weighted by Crippen LogP contribution is -2.56. The minimum absolute atomic E-state index is 0.0137. The third-order valence-electron chi connectivity index (χ3n) is 7.90. The van der Waals surface area contributed by atoms with Gasteiger partial charge in [-0.2, -0.15) is 0 Å². The van der Waals surface area contributed by atoms with Crippen LogP contribution < -0.4 is 5.32 Å². The molecule has 1 aromatic heterocycles. The van der Waals surface area contributed by atoms with E-state index in [0.717, 1.165) is 56.0 Å². The first-order valence-corrected chi connectivity index (χ1v) is 12.1. The van der Waals surface area contributed by atoms with Crippen LogP contribution in [0.3, 0.4) is 0 Å². The van der Waals surface area contributed by atoms with E-state index in [4.69, 9.17) is 4.42 Å². The molecule has 0 radical (unpaired) electrons. The molecule has 2 saturated carbocycles. The molecular weight excluding hydrogens is 400 g/mol. The van der Waals surface area contributed by atoms with Gasteiger partial charge in [0.15, 0.2) is 0 Å². The molecule has 2 N–H and O–H groups in total. The van der Waals surface area contributed by atoms with Crippen LogP contribution in [0.4, 0.5) is 0 Å². The standard InChI is InChI=1S/C27H34N2O3/c1-19-21(11-14-32-19)7-10-26(31)28-24-9-8-23-18-29(17-20-5-6-20)13-12-27(23,16-24)22-3-2-4-25(30)15-22/h2-4,7,10-11,14-15,20,23-24,30H,5-6,8-9,12-13,16-18H2,1H3,(H,28,31)/b10-7+/t23-,24+,27+/m1/s1. The molecular formula is C27H34N2O3. The van der Waals surface area contributed by atoms with Gasteiger partial charge in [0.25, 0.3) is 0 Å². The molecule has 0 spiro atoms. The first kappa shape index (κ1) is 21.3. The van der Waals surface area contributed by atoms with Crippen LogP contribution in [0.1, 0.15) is 55.4 Å². The second-order valence-corrected chi connectivity index (χ2v) is 10.1. The number of carbonyl (C=O) groups is 1. The molecule has 1 amide bonds. The van der Waals surface area contributed by atoms with Gasteiger partial charge in [0.1, 0.15) is 11.5 Å². The molecule has 5 heteroatoms. The van der Waals surface area contributed by atoms with E-state index in [9.17, 15) is 9.90 Å². The van der Waals surface area contributed by atoms with Crippen molar-refractivity contribution in [1.82, 2.24) is 10.2 Å². The van der Waals surface area contributed by atoms with E-state index in [0.29, 0.717) is 11.7 Å². The van der Waals surface area contributed by atoms with E-state index in [1.165, 1.54) is 24.9 Å². The van der Waals surface area contributed by atoms with Gasteiger partial charge < -0.3 is 19.7 Å². The third-order valence-corrected chi connectivity index (χ3v) is 7.90. The Morgan fingerprint density at radius 1 is 1.28 bits per heavy atom. The second-order valence-electron chi connectivity index (χ2n) is 10.1. The number of nitrogens with one attached hydrogen (secondary N) is 1. The Kier molecular flexibility index (Phi) is 5.85. The van der Waals surface area contributed by atoms with E-state index in [1.54, 1.807) is 18.4 Å². The summed E-state index contributed by atoms with van der Waals surface area (Å²) >= 11 is 0. The lowest BCUT2D eigenvalue weighted by molar-refractivity contribution is -0.117. The number of fused-ring (bicyclic) bond motifs is 1. The summed E-state index contributed by atoms with van der Waals surface area (Å²) in [5.74, 6) is 2.57. The van der Waals surface area contributed by atoms with Crippen molar-refractivity contribution in [2.45, 2.75) is 56.9 Å². The van der Waals surface area contributed by atoms with Gasteiger partial charge in [0.05, 0.1) is 6.26 Å². The average Bonchev–Trinajstić information content (AvgIpc) is 3.50. The fraction of sp³-hybridized carbons (Fsp3) is 0.519. The molecule has 2 aromatic rings. The van der Waals surface area contributed by atoms with E-state index < -0.39 is 0 Å². The number of likely N-dealkylation sites (tertiary alicyclic amines) is 1. The van der Waals surface area contributed by atoms with Crippen molar-refractivity contribution in [3.05, 3.63) is 59.6 Å². The van der Waals surface area contributed by atoms with Crippen molar-refractivity contribution >= 4 is 12.0 Å². The molecule has 0 bridgehead atoms. The Labute approximate surface area is 190 Å². The van der Waals surface area contributed by atoms with Crippen LogP contribution >= 0.6 is 0 Å². The van der Waals surface area contributed by atoms with E-state index >= 15 is 0 Å². The fourth-order valence-electron chi connectivity index (χ4n) is 5.97. The van der Waals surface area contributed by atoms with Crippen LogP contribution in [0.5, 0.6) is 5.75 Å². The molecule has 1 saturated heterocycles. The summed E-state index contributed by atoms with van der Waals surface area (Å²) in [6.45, 7) is 5.37.